The lowest BCUT2D eigenvalue weighted by molar-refractivity contribution is 0.397. The maximum absolute atomic E-state index is 6.43. The van der Waals surface area contributed by atoms with Crippen molar-refractivity contribution in [2.24, 2.45) is 5.73 Å². The van der Waals surface area contributed by atoms with Crippen molar-refractivity contribution in [3.05, 3.63) is 58.7 Å². The molecule has 0 saturated carbocycles. The molecule has 2 aromatic carbocycles. The molecule has 0 heterocycles. The molecule has 2 rings (SSSR count). The minimum absolute atomic E-state index is 0.236. The second-order valence-corrected chi connectivity index (χ2v) is 4.95. The van der Waals surface area contributed by atoms with Gasteiger partial charge in [-0.15, -0.1) is 0 Å². The summed E-state index contributed by atoms with van der Waals surface area (Å²) >= 11 is 0. The van der Waals surface area contributed by atoms with Gasteiger partial charge in [0.25, 0.3) is 0 Å². The van der Waals surface area contributed by atoms with Crippen LogP contribution in [0.2, 0.25) is 0 Å². The van der Waals surface area contributed by atoms with E-state index in [-0.39, 0.29) is 6.04 Å². The standard InChI is InChI=1S/C17H21NO2/c1-11-5-7-14(12(2)9-11)17(18)15-10-13(19-3)6-8-16(15)20-4/h5-10,17H,18H2,1-4H3. The summed E-state index contributed by atoms with van der Waals surface area (Å²) in [5.74, 6) is 1.55. The number of benzene rings is 2. The van der Waals surface area contributed by atoms with Gasteiger partial charge in [-0.05, 0) is 43.2 Å². The van der Waals surface area contributed by atoms with Crippen molar-refractivity contribution in [1.29, 1.82) is 0 Å². The van der Waals surface area contributed by atoms with Crippen molar-refractivity contribution in [2.45, 2.75) is 19.9 Å². The first-order valence-electron chi connectivity index (χ1n) is 6.61. The Morgan fingerprint density at radius 2 is 1.65 bits per heavy atom. The topological polar surface area (TPSA) is 44.5 Å². The van der Waals surface area contributed by atoms with E-state index in [0.29, 0.717) is 0 Å². The van der Waals surface area contributed by atoms with Crippen LogP contribution in [0, 0.1) is 13.8 Å². The van der Waals surface area contributed by atoms with E-state index >= 15 is 0 Å². The van der Waals surface area contributed by atoms with Crippen LogP contribution in [-0.4, -0.2) is 14.2 Å². The Hall–Kier alpha value is -2.00. The zero-order valence-electron chi connectivity index (χ0n) is 12.4. The van der Waals surface area contributed by atoms with Gasteiger partial charge in [-0.2, -0.15) is 0 Å². The molecule has 0 spiro atoms. The van der Waals surface area contributed by atoms with E-state index in [1.54, 1.807) is 14.2 Å². The van der Waals surface area contributed by atoms with Gasteiger partial charge in [0.1, 0.15) is 11.5 Å². The summed E-state index contributed by atoms with van der Waals surface area (Å²) in [5.41, 5.74) is 10.9. The van der Waals surface area contributed by atoms with E-state index in [0.717, 1.165) is 22.6 Å². The van der Waals surface area contributed by atoms with Crippen LogP contribution >= 0.6 is 0 Å². The van der Waals surface area contributed by atoms with Crippen LogP contribution in [-0.2, 0) is 0 Å². The molecule has 20 heavy (non-hydrogen) atoms. The second-order valence-electron chi connectivity index (χ2n) is 4.95. The molecule has 0 saturated heterocycles. The number of ether oxygens (including phenoxy) is 2. The predicted molar refractivity (Wildman–Crippen MR) is 81.5 cm³/mol. The van der Waals surface area contributed by atoms with Crippen molar-refractivity contribution in [3.63, 3.8) is 0 Å². The Kier molecular flexibility index (Phi) is 4.30. The van der Waals surface area contributed by atoms with Crippen LogP contribution in [0.1, 0.15) is 28.3 Å². The molecule has 0 aliphatic carbocycles. The van der Waals surface area contributed by atoms with Crippen LogP contribution in [0.25, 0.3) is 0 Å². The van der Waals surface area contributed by atoms with Crippen molar-refractivity contribution >= 4 is 0 Å². The van der Waals surface area contributed by atoms with Crippen LogP contribution in [0.5, 0.6) is 11.5 Å². The first kappa shape index (κ1) is 14.4. The average Bonchev–Trinajstić information content (AvgIpc) is 2.46. The maximum Gasteiger partial charge on any atom is 0.124 e. The fourth-order valence-electron chi connectivity index (χ4n) is 2.42. The fraction of sp³-hybridized carbons (Fsp3) is 0.294. The van der Waals surface area contributed by atoms with Gasteiger partial charge in [0, 0.05) is 5.56 Å². The highest BCUT2D eigenvalue weighted by molar-refractivity contribution is 5.47. The highest BCUT2D eigenvalue weighted by atomic mass is 16.5. The van der Waals surface area contributed by atoms with Gasteiger partial charge in [-0.1, -0.05) is 23.8 Å². The summed E-state index contributed by atoms with van der Waals surface area (Å²) in [5, 5.41) is 0. The SMILES string of the molecule is COc1ccc(OC)c(C(N)c2ccc(C)cc2C)c1. The Bertz CT molecular complexity index is 608. The molecular weight excluding hydrogens is 250 g/mol. The maximum atomic E-state index is 6.43. The monoisotopic (exact) mass is 271 g/mol. The van der Waals surface area contributed by atoms with E-state index < -0.39 is 0 Å². The minimum atomic E-state index is -0.236. The molecule has 2 aromatic rings. The fourth-order valence-corrected chi connectivity index (χ4v) is 2.42. The van der Waals surface area contributed by atoms with Crippen LogP contribution in [0.4, 0.5) is 0 Å². The largest absolute Gasteiger partial charge is 0.497 e. The Balaban J connectivity index is 2.48. The van der Waals surface area contributed by atoms with Gasteiger partial charge in [0.15, 0.2) is 0 Å². The average molecular weight is 271 g/mol. The summed E-state index contributed by atoms with van der Waals surface area (Å²) in [7, 11) is 3.30. The van der Waals surface area contributed by atoms with Gasteiger partial charge in [0.05, 0.1) is 20.3 Å². The molecule has 0 radical (unpaired) electrons. The van der Waals surface area contributed by atoms with E-state index in [2.05, 4.69) is 32.0 Å². The number of aryl methyl sites for hydroxylation is 2. The Labute approximate surface area is 120 Å². The molecule has 0 fully saturated rings. The molecule has 0 aromatic heterocycles. The van der Waals surface area contributed by atoms with Crippen LogP contribution in [0.3, 0.4) is 0 Å². The molecule has 0 aliphatic heterocycles. The summed E-state index contributed by atoms with van der Waals surface area (Å²) < 4.78 is 10.7. The van der Waals surface area contributed by atoms with Crippen LogP contribution < -0.4 is 15.2 Å². The van der Waals surface area contributed by atoms with Crippen LogP contribution in [0.15, 0.2) is 36.4 Å². The quantitative estimate of drug-likeness (QED) is 0.927. The zero-order valence-corrected chi connectivity index (χ0v) is 12.4. The highest BCUT2D eigenvalue weighted by Crippen LogP contribution is 2.33. The van der Waals surface area contributed by atoms with E-state index in [1.807, 2.05) is 18.2 Å². The van der Waals surface area contributed by atoms with E-state index in [9.17, 15) is 0 Å². The molecule has 1 unspecified atom stereocenters. The lowest BCUT2D eigenvalue weighted by atomic mass is 9.94. The number of hydrogen-bond acceptors (Lipinski definition) is 3. The number of methoxy groups -OCH3 is 2. The predicted octanol–water partition coefficient (Wildman–Crippen LogP) is 3.37. The lowest BCUT2D eigenvalue weighted by Gasteiger charge is -2.19. The zero-order chi connectivity index (χ0) is 14.7. The lowest BCUT2D eigenvalue weighted by Crippen LogP contribution is -2.14. The third-order valence-electron chi connectivity index (χ3n) is 3.53. The van der Waals surface area contributed by atoms with Gasteiger partial charge in [-0.25, -0.2) is 0 Å². The van der Waals surface area contributed by atoms with Gasteiger partial charge in [0.2, 0.25) is 0 Å². The summed E-state index contributed by atoms with van der Waals surface area (Å²) in [6, 6.07) is 11.8. The first-order chi connectivity index (χ1) is 9.56. The second kappa shape index (κ2) is 5.97. The Morgan fingerprint density at radius 1 is 0.900 bits per heavy atom. The van der Waals surface area contributed by atoms with Crippen molar-refractivity contribution < 1.29 is 9.47 Å². The van der Waals surface area contributed by atoms with Gasteiger partial charge in [-0.3, -0.25) is 0 Å². The highest BCUT2D eigenvalue weighted by Gasteiger charge is 2.17. The molecule has 0 amide bonds. The molecule has 3 nitrogen and oxygen atoms in total. The minimum Gasteiger partial charge on any atom is -0.497 e. The smallest absolute Gasteiger partial charge is 0.124 e. The van der Waals surface area contributed by atoms with E-state index in [1.165, 1.54) is 11.1 Å². The molecule has 3 heteroatoms. The molecule has 2 N–H and O–H groups in total. The molecule has 0 bridgehead atoms. The number of nitrogens with two attached hydrogens (primary N) is 1. The molecule has 1 atom stereocenters. The number of rotatable bonds is 4. The first-order valence-corrected chi connectivity index (χ1v) is 6.61. The third kappa shape index (κ3) is 2.78. The third-order valence-corrected chi connectivity index (χ3v) is 3.53. The number of hydrogen-bond donors (Lipinski definition) is 1. The van der Waals surface area contributed by atoms with E-state index in [4.69, 9.17) is 15.2 Å². The van der Waals surface area contributed by atoms with Crippen molar-refractivity contribution in [3.8, 4) is 11.5 Å². The summed E-state index contributed by atoms with van der Waals surface area (Å²) in [4.78, 5) is 0. The summed E-state index contributed by atoms with van der Waals surface area (Å²) in [6.07, 6.45) is 0. The van der Waals surface area contributed by atoms with Gasteiger partial charge < -0.3 is 15.2 Å². The normalized spacial score (nSPS) is 12.1. The van der Waals surface area contributed by atoms with Gasteiger partial charge >= 0.3 is 0 Å². The molecular formula is C17H21NO2. The van der Waals surface area contributed by atoms with Crippen molar-refractivity contribution in [2.75, 3.05) is 14.2 Å². The van der Waals surface area contributed by atoms with Crippen molar-refractivity contribution in [1.82, 2.24) is 0 Å². The Morgan fingerprint density at radius 3 is 2.25 bits per heavy atom. The molecule has 106 valence electrons. The molecule has 0 aliphatic rings. The summed E-state index contributed by atoms with van der Waals surface area (Å²) in [6.45, 7) is 4.16.